The van der Waals surface area contributed by atoms with Crippen LogP contribution in [0.25, 0.3) is 5.82 Å². The van der Waals surface area contributed by atoms with Gasteiger partial charge in [-0.3, -0.25) is 9.29 Å². The second-order valence-corrected chi connectivity index (χ2v) is 9.01. The van der Waals surface area contributed by atoms with Gasteiger partial charge in [-0.15, -0.1) is 0 Å². The summed E-state index contributed by atoms with van der Waals surface area (Å²) in [6.45, 7) is 2.14. The summed E-state index contributed by atoms with van der Waals surface area (Å²) in [6, 6.07) is 13.0. The zero-order valence-corrected chi connectivity index (χ0v) is 19.2. The van der Waals surface area contributed by atoms with E-state index < -0.39 is 10.0 Å². The van der Waals surface area contributed by atoms with E-state index in [1.807, 2.05) is 0 Å². The number of anilines is 1. The van der Waals surface area contributed by atoms with Crippen molar-refractivity contribution in [2.45, 2.75) is 11.8 Å². The van der Waals surface area contributed by atoms with Crippen molar-refractivity contribution in [1.29, 1.82) is 0 Å². The van der Waals surface area contributed by atoms with Gasteiger partial charge in [0.05, 0.1) is 6.61 Å². The highest BCUT2D eigenvalue weighted by molar-refractivity contribution is 9.10. The zero-order chi connectivity index (χ0) is 22.6. The van der Waals surface area contributed by atoms with Gasteiger partial charge in [0, 0.05) is 28.6 Å². The lowest BCUT2D eigenvalue weighted by Gasteiger charge is -2.13. The molecule has 0 aliphatic rings. The van der Waals surface area contributed by atoms with E-state index in [1.165, 1.54) is 12.4 Å². The van der Waals surface area contributed by atoms with Gasteiger partial charge in [0.25, 0.3) is 10.0 Å². The number of hydrogen-bond acceptors (Lipinski definition) is 7. The minimum Gasteiger partial charge on any atom is -0.492 e. The maximum atomic E-state index is 12.9. The second-order valence-electron chi connectivity index (χ2n) is 6.44. The lowest BCUT2D eigenvalue weighted by atomic mass is 10.3. The number of hydrogen-bond donors (Lipinski definition) is 1. The molecule has 164 valence electrons. The third-order valence-corrected chi connectivity index (χ3v) is 6.12. The summed E-state index contributed by atoms with van der Waals surface area (Å²) >= 11 is 3.30. The van der Waals surface area contributed by atoms with Crippen LogP contribution in [0, 0.1) is 0 Å². The smallest absolute Gasteiger partial charge is 0.265 e. The molecular formula is C21H18BrN5O4S. The molecule has 0 fully saturated rings. The number of nitrogens with one attached hydrogen (secondary N) is 1. The molecule has 0 aliphatic carbocycles. The number of aromatic nitrogens is 4. The molecule has 2 aromatic carbocycles. The number of imidazole rings is 1. The number of rotatable bonds is 8. The maximum Gasteiger partial charge on any atom is 0.265 e. The Labute approximate surface area is 193 Å². The fourth-order valence-corrected chi connectivity index (χ4v) is 4.55. The van der Waals surface area contributed by atoms with Gasteiger partial charge in [0.2, 0.25) is 5.88 Å². The molecule has 4 rings (SSSR count). The minimum atomic E-state index is -3.87. The van der Waals surface area contributed by atoms with Gasteiger partial charge in [-0.25, -0.2) is 23.4 Å². The van der Waals surface area contributed by atoms with Gasteiger partial charge >= 0.3 is 0 Å². The minimum absolute atomic E-state index is 0.0436. The van der Waals surface area contributed by atoms with Crippen LogP contribution >= 0.6 is 15.9 Å². The first-order chi connectivity index (χ1) is 15.4. The highest BCUT2D eigenvalue weighted by Gasteiger charge is 2.20. The third-order valence-electron chi connectivity index (χ3n) is 4.22. The largest absolute Gasteiger partial charge is 0.492 e. The molecule has 32 heavy (non-hydrogen) atoms. The van der Waals surface area contributed by atoms with E-state index in [0.29, 0.717) is 34.2 Å². The predicted molar refractivity (Wildman–Crippen MR) is 122 cm³/mol. The molecule has 2 aromatic heterocycles. The first-order valence-electron chi connectivity index (χ1n) is 9.48. The van der Waals surface area contributed by atoms with E-state index in [2.05, 4.69) is 35.6 Å². The third kappa shape index (κ3) is 5.06. The average molecular weight is 516 g/mol. The first kappa shape index (κ1) is 21.8. The van der Waals surface area contributed by atoms with E-state index in [9.17, 15) is 8.42 Å². The van der Waals surface area contributed by atoms with Crippen molar-refractivity contribution in [3.63, 3.8) is 0 Å². The molecule has 2 heterocycles. The molecule has 0 saturated carbocycles. The summed E-state index contributed by atoms with van der Waals surface area (Å²) in [6.07, 6.45) is 6.42. The van der Waals surface area contributed by atoms with Gasteiger partial charge < -0.3 is 9.47 Å². The molecule has 0 bridgehead atoms. The maximum absolute atomic E-state index is 12.9. The SMILES string of the molecule is CCOc1ccc(Br)cc1S(=O)(=O)Nc1ccc(Oc2cc(-n3ccnc3)ncn2)cc1. The van der Waals surface area contributed by atoms with Crippen molar-refractivity contribution < 1.29 is 17.9 Å². The van der Waals surface area contributed by atoms with Gasteiger partial charge in [-0.05, 0) is 49.4 Å². The molecule has 9 nitrogen and oxygen atoms in total. The molecule has 0 saturated heterocycles. The predicted octanol–water partition coefficient (Wildman–Crippen LogP) is 4.42. The number of ether oxygens (including phenoxy) is 2. The zero-order valence-electron chi connectivity index (χ0n) is 16.8. The van der Waals surface area contributed by atoms with Crippen LogP contribution in [0.3, 0.4) is 0 Å². The Kier molecular flexibility index (Phi) is 6.37. The van der Waals surface area contributed by atoms with Crippen LogP contribution in [-0.2, 0) is 10.0 Å². The Bertz CT molecular complexity index is 1310. The van der Waals surface area contributed by atoms with Crippen molar-refractivity contribution in [1.82, 2.24) is 19.5 Å². The Morgan fingerprint density at radius 2 is 1.91 bits per heavy atom. The van der Waals surface area contributed by atoms with Crippen LogP contribution in [0.2, 0.25) is 0 Å². The van der Waals surface area contributed by atoms with Crippen LogP contribution in [0.5, 0.6) is 17.4 Å². The second kappa shape index (κ2) is 9.37. The van der Waals surface area contributed by atoms with Crippen molar-refractivity contribution >= 4 is 31.6 Å². The molecule has 0 unspecified atom stereocenters. The molecule has 0 spiro atoms. The van der Waals surface area contributed by atoms with Crippen LogP contribution in [0.4, 0.5) is 5.69 Å². The molecule has 0 aliphatic heterocycles. The van der Waals surface area contributed by atoms with Crippen molar-refractivity contribution in [2.75, 3.05) is 11.3 Å². The van der Waals surface area contributed by atoms with E-state index in [1.54, 1.807) is 72.7 Å². The van der Waals surface area contributed by atoms with Gasteiger partial charge in [0.15, 0.2) is 0 Å². The highest BCUT2D eigenvalue weighted by Crippen LogP contribution is 2.30. The molecule has 0 radical (unpaired) electrons. The molecule has 4 aromatic rings. The normalized spacial score (nSPS) is 11.2. The number of halogens is 1. The van der Waals surface area contributed by atoms with Gasteiger partial charge in [-0.1, -0.05) is 15.9 Å². The van der Waals surface area contributed by atoms with Gasteiger partial charge in [0.1, 0.15) is 34.9 Å². The van der Waals surface area contributed by atoms with Crippen molar-refractivity contribution in [3.05, 3.63) is 78.1 Å². The molecular weight excluding hydrogens is 498 g/mol. The van der Waals surface area contributed by atoms with Crippen LogP contribution < -0.4 is 14.2 Å². The summed E-state index contributed by atoms with van der Waals surface area (Å²) in [5, 5.41) is 0. The van der Waals surface area contributed by atoms with Crippen molar-refractivity contribution in [2.24, 2.45) is 0 Å². The summed E-state index contributed by atoms with van der Waals surface area (Å²) in [5.74, 6) is 1.71. The van der Waals surface area contributed by atoms with Crippen LogP contribution in [-0.4, -0.2) is 34.5 Å². The van der Waals surface area contributed by atoms with E-state index in [0.717, 1.165) is 0 Å². The highest BCUT2D eigenvalue weighted by atomic mass is 79.9. The molecule has 0 amide bonds. The summed E-state index contributed by atoms with van der Waals surface area (Å²) in [4.78, 5) is 12.3. The fraction of sp³-hybridized carbons (Fsp3) is 0.0952. The van der Waals surface area contributed by atoms with Crippen LogP contribution in [0.15, 0.2) is 82.9 Å². The van der Waals surface area contributed by atoms with E-state index in [4.69, 9.17) is 9.47 Å². The first-order valence-corrected chi connectivity index (χ1v) is 11.8. The lowest BCUT2D eigenvalue weighted by Crippen LogP contribution is -2.14. The molecule has 11 heteroatoms. The molecule has 1 N–H and O–H groups in total. The number of benzene rings is 2. The Hall–Kier alpha value is -3.44. The topological polar surface area (TPSA) is 108 Å². The van der Waals surface area contributed by atoms with Crippen molar-refractivity contribution in [3.8, 4) is 23.2 Å². The standard InChI is InChI=1S/C21H18BrN5O4S/c1-2-30-18-8-3-15(22)11-19(18)32(28,29)26-16-4-6-17(7-5-16)31-21-12-20(24-13-25-21)27-10-9-23-14-27/h3-14,26H,2H2,1H3. The average Bonchev–Trinajstić information content (AvgIpc) is 3.32. The summed E-state index contributed by atoms with van der Waals surface area (Å²) < 4.78 is 42.0. The van der Waals surface area contributed by atoms with E-state index >= 15 is 0 Å². The monoisotopic (exact) mass is 515 g/mol. The van der Waals surface area contributed by atoms with Crippen LogP contribution in [0.1, 0.15) is 6.92 Å². The Balaban J connectivity index is 1.50. The fourth-order valence-electron chi connectivity index (χ4n) is 2.81. The molecule has 0 atom stereocenters. The Morgan fingerprint density at radius 1 is 1.09 bits per heavy atom. The lowest BCUT2D eigenvalue weighted by molar-refractivity contribution is 0.331. The van der Waals surface area contributed by atoms with Gasteiger partial charge in [-0.2, -0.15) is 0 Å². The van der Waals surface area contributed by atoms with E-state index in [-0.39, 0.29) is 10.6 Å². The summed E-state index contributed by atoms with van der Waals surface area (Å²) in [5.41, 5.74) is 0.376. The summed E-state index contributed by atoms with van der Waals surface area (Å²) in [7, 11) is -3.87. The number of sulfonamides is 1. The quantitative estimate of drug-likeness (QED) is 0.370. The Morgan fingerprint density at radius 3 is 2.62 bits per heavy atom. The number of nitrogens with zero attached hydrogens (tertiary/aromatic N) is 4.